The van der Waals surface area contributed by atoms with Crippen LogP contribution in [0.5, 0.6) is 0 Å². The van der Waals surface area contributed by atoms with Gasteiger partial charge in [0.05, 0.1) is 12.5 Å². The van der Waals surface area contributed by atoms with Gasteiger partial charge in [0.25, 0.3) is 0 Å². The van der Waals surface area contributed by atoms with Crippen molar-refractivity contribution in [3.8, 4) is 6.07 Å². The number of nitrogens with one attached hydrogen (secondary N) is 1. The Labute approximate surface area is 130 Å². The monoisotopic (exact) mass is 292 g/mol. The van der Waals surface area contributed by atoms with Gasteiger partial charge < -0.3 is 9.55 Å². The van der Waals surface area contributed by atoms with Crippen LogP contribution in [0.4, 0.5) is 0 Å². The molecule has 0 saturated heterocycles. The number of hydrogen-bond acceptors (Lipinski definition) is 2. The van der Waals surface area contributed by atoms with E-state index in [9.17, 15) is 0 Å². The van der Waals surface area contributed by atoms with Crippen LogP contribution in [-0.4, -0.2) is 14.5 Å². The number of benzene rings is 1. The Morgan fingerprint density at radius 1 is 1.32 bits per heavy atom. The van der Waals surface area contributed by atoms with Gasteiger partial charge in [-0.05, 0) is 17.5 Å². The highest BCUT2D eigenvalue weighted by Gasteiger charge is 2.19. The molecule has 4 heteroatoms. The summed E-state index contributed by atoms with van der Waals surface area (Å²) in [5.41, 5.74) is 3.84. The van der Waals surface area contributed by atoms with E-state index >= 15 is 0 Å². The molecule has 2 heterocycles. The average Bonchev–Trinajstić information content (AvgIpc) is 3.12. The molecule has 0 aliphatic rings. The number of H-pyrrole nitrogens is 1. The molecule has 0 saturated carbocycles. The molecule has 0 aliphatic heterocycles. The van der Waals surface area contributed by atoms with E-state index in [2.05, 4.69) is 58.7 Å². The van der Waals surface area contributed by atoms with Gasteiger partial charge >= 0.3 is 0 Å². The van der Waals surface area contributed by atoms with Gasteiger partial charge in [-0.1, -0.05) is 32.0 Å². The van der Waals surface area contributed by atoms with Crippen LogP contribution < -0.4 is 0 Å². The molecule has 0 spiro atoms. The Balaban J connectivity index is 2.20. The summed E-state index contributed by atoms with van der Waals surface area (Å²) >= 11 is 0. The predicted molar refractivity (Wildman–Crippen MR) is 87.7 cm³/mol. The summed E-state index contributed by atoms with van der Waals surface area (Å²) < 4.78 is 2.31. The number of para-hydroxylation sites is 1. The van der Waals surface area contributed by atoms with Crippen molar-refractivity contribution >= 4 is 10.9 Å². The predicted octanol–water partition coefficient (Wildman–Crippen LogP) is 3.99. The molecular weight excluding hydrogens is 272 g/mol. The van der Waals surface area contributed by atoms with Crippen molar-refractivity contribution in [2.75, 3.05) is 0 Å². The number of aromatic amines is 1. The first-order valence-electron chi connectivity index (χ1n) is 7.67. The molecule has 2 aromatic heterocycles. The third kappa shape index (κ3) is 2.50. The number of imidazole rings is 1. The Morgan fingerprint density at radius 3 is 2.82 bits per heavy atom. The van der Waals surface area contributed by atoms with E-state index in [0.29, 0.717) is 12.3 Å². The smallest absolute Gasteiger partial charge is 0.110 e. The highest BCUT2D eigenvalue weighted by Crippen LogP contribution is 2.32. The van der Waals surface area contributed by atoms with Gasteiger partial charge in [0.15, 0.2) is 0 Å². The summed E-state index contributed by atoms with van der Waals surface area (Å²) in [6, 6.07) is 10.7. The minimum absolute atomic E-state index is 0.399. The van der Waals surface area contributed by atoms with E-state index in [-0.39, 0.29) is 0 Å². The maximum Gasteiger partial charge on any atom is 0.110 e. The molecule has 4 nitrogen and oxygen atoms in total. The number of fused-ring (bicyclic) bond motifs is 1. The second-order valence-electron chi connectivity index (χ2n) is 5.81. The van der Waals surface area contributed by atoms with Crippen molar-refractivity contribution in [2.24, 2.45) is 0 Å². The van der Waals surface area contributed by atoms with Crippen LogP contribution in [0.3, 0.4) is 0 Å². The molecule has 3 rings (SSSR count). The van der Waals surface area contributed by atoms with E-state index in [1.807, 2.05) is 6.20 Å². The maximum atomic E-state index is 8.97. The Bertz CT molecular complexity index is 804. The maximum absolute atomic E-state index is 8.97. The first-order valence-corrected chi connectivity index (χ1v) is 7.67. The van der Waals surface area contributed by atoms with Crippen molar-refractivity contribution < 1.29 is 0 Å². The van der Waals surface area contributed by atoms with E-state index < -0.39 is 0 Å². The number of hydrogen-bond donors (Lipinski definition) is 1. The molecule has 1 N–H and O–H groups in total. The van der Waals surface area contributed by atoms with Crippen LogP contribution in [0.1, 0.15) is 43.3 Å². The number of aryl methyl sites for hydroxylation is 1. The number of aromatic nitrogens is 3. The second-order valence-corrected chi connectivity index (χ2v) is 5.81. The molecule has 0 unspecified atom stereocenters. The lowest BCUT2D eigenvalue weighted by Crippen LogP contribution is -2.07. The van der Waals surface area contributed by atoms with Gasteiger partial charge in [-0.25, -0.2) is 4.98 Å². The summed E-state index contributed by atoms with van der Waals surface area (Å²) in [5, 5.41) is 10.2. The molecule has 3 aromatic rings. The fraction of sp³-hybridized carbons (Fsp3) is 0.333. The van der Waals surface area contributed by atoms with Gasteiger partial charge in [0.2, 0.25) is 0 Å². The van der Waals surface area contributed by atoms with Crippen molar-refractivity contribution in [3.63, 3.8) is 0 Å². The first-order chi connectivity index (χ1) is 10.7. The fourth-order valence-electron chi connectivity index (χ4n) is 3.21. The second kappa shape index (κ2) is 6.07. The third-order valence-electron chi connectivity index (χ3n) is 4.01. The number of rotatable bonds is 5. The Morgan fingerprint density at radius 2 is 2.14 bits per heavy atom. The minimum Gasteiger partial charge on any atom is -0.348 e. The normalized spacial score (nSPS) is 11.2. The Hall–Kier alpha value is -2.54. The molecule has 0 atom stereocenters. The molecule has 22 heavy (non-hydrogen) atoms. The quantitative estimate of drug-likeness (QED) is 0.773. The zero-order valence-electron chi connectivity index (χ0n) is 13.0. The van der Waals surface area contributed by atoms with Crippen molar-refractivity contribution in [2.45, 2.75) is 39.2 Å². The number of nitriles is 1. The van der Waals surface area contributed by atoms with Crippen LogP contribution in [0.25, 0.3) is 10.9 Å². The van der Waals surface area contributed by atoms with Crippen LogP contribution >= 0.6 is 0 Å². The standard InChI is InChI=1S/C18H20N4/c1-13(2)18-15(12-17-20-9-10-21-17)14-6-3-4-7-16(14)22(18)11-5-8-19/h3-4,6-7,9-10,13H,5,11-12H2,1-2H3,(H,20,21). The third-order valence-corrected chi connectivity index (χ3v) is 4.01. The molecule has 0 aliphatic carbocycles. The largest absolute Gasteiger partial charge is 0.348 e. The molecule has 0 radical (unpaired) electrons. The molecule has 0 amide bonds. The molecule has 0 fully saturated rings. The summed E-state index contributed by atoms with van der Waals surface area (Å²) in [6.07, 6.45) is 4.97. The minimum atomic E-state index is 0.399. The van der Waals surface area contributed by atoms with E-state index in [1.54, 1.807) is 6.20 Å². The van der Waals surface area contributed by atoms with Crippen molar-refractivity contribution in [1.29, 1.82) is 5.26 Å². The Kier molecular flexibility index (Phi) is 3.97. The topological polar surface area (TPSA) is 57.4 Å². The van der Waals surface area contributed by atoms with Crippen LogP contribution in [0.15, 0.2) is 36.7 Å². The van der Waals surface area contributed by atoms with Crippen molar-refractivity contribution in [1.82, 2.24) is 14.5 Å². The lowest BCUT2D eigenvalue weighted by atomic mass is 10.0. The van der Waals surface area contributed by atoms with Crippen LogP contribution in [0, 0.1) is 11.3 Å². The SMILES string of the molecule is CC(C)c1c(Cc2ncc[nH]2)c2ccccc2n1CCC#N. The van der Waals surface area contributed by atoms with Gasteiger partial charge in [-0.15, -0.1) is 0 Å². The van der Waals surface area contributed by atoms with E-state index in [0.717, 1.165) is 18.8 Å². The van der Waals surface area contributed by atoms with Crippen molar-refractivity contribution in [3.05, 3.63) is 53.7 Å². The summed E-state index contributed by atoms with van der Waals surface area (Å²) in [7, 11) is 0. The lowest BCUT2D eigenvalue weighted by molar-refractivity contribution is 0.657. The summed E-state index contributed by atoms with van der Waals surface area (Å²) in [6.45, 7) is 5.16. The van der Waals surface area contributed by atoms with E-state index in [1.165, 1.54) is 22.2 Å². The first kappa shape index (κ1) is 14.4. The highest BCUT2D eigenvalue weighted by atomic mass is 15.0. The fourth-order valence-corrected chi connectivity index (χ4v) is 3.21. The molecular formula is C18H20N4. The number of nitrogens with zero attached hydrogens (tertiary/aromatic N) is 3. The molecule has 0 bridgehead atoms. The summed E-state index contributed by atoms with van der Waals surface area (Å²) in [4.78, 5) is 7.57. The van der Waals surface area contributed by atoms with Crippen LogP contribution in [0.2, 0.25) is 0 Å². The summed E-state index contributed by atoms with van der Waals surface area (Å²) in [5.74, 6) is 1.38. The van der Waals surface area contributed by atoms with Crippen LogP contribution in [-0.2, 0) is 13.0 Å². The molecule has 1 aromatic carbocycles. The van der Waals surface area contributed by atoms with Gasteiger partial charge in [-0.2, -0.15) is 5.26 Å². The van der Waals surface area contributed by atoms with Gasteiger partial charge in [0.1, 0.15) is 5.82 Å². The van der Waals surface area contributed by atoms with Gasteiger partial charge in [0, 0.05) is 42.0 Å². The average molecular weight is 292 g/mol. The zero-order chi connectivity index (χ0) is 15.5. The van der Waals surface area contributed by atoms with Gasteiger partial charge in [-0.3, -0.25) is 0 Å². The zero-order valence-corrected chi connectivity index (χ0v) is 13.0. The highest BCUT2D eigenvalue weighted by molar-refractivity contribution is 5.86. The molecule has 112 valence electrons. The lowest BCUT2D eigenvalue weighted by Gasteiger charge is -2.14. The van der Waals surface area contributed by atoms with E-state index in [4.69, 9.17) is 5.26 Å².